The second-order valence-corrected chi connectivity index (χ2v) is 5.83. The lowest BCUT2D eigenvalue weighted by molar-refractivity contribution is 0.189. The predicted octanol–water partition coefficient (Wildman–Crippen LogP) is 3.51. The monoisotopic (exact) mass is 302 g/mol. The fourth-order valence-corrected chi connectivity index (χ4v) is 2.96. The SMILES string of the molecule is Clc1ccc(C2CNCCC2COc2ccccn2)cc1. The van der Waals surface area contributed by atoms with Crippen molar-refractivity contribution < 1.29 is 4.74 Å². The molecule has 2 unspecified atom stereocenters. The first-order chi connectivity index (χ1) is 10.3. The van der Waals surface area contributed by atoms with E-state index in [9.17, 15) is 0 Å². The molecule has 1 N–H and O–H groups in total. The molecule has 0 aliphatic carbocycles. The van der Waals surface area contributed by atoms with Gasteiger partial charge in [-0.1, -0.05) is 29.8 Å². The molecule has 0 radical (unpaired) electrons. The molecule has 0 bridgehead atoms. The highest BCUT2D eigenvalue weighted by molar-refractivity contribution is 6.30. The maximum atomic E-state index is 5.98. The zero-order valence-electron chi connectivity index (χ0n) is 11.8. The molecule has 1 aromatic carbocycles. The van der Waals surface area contributed by atoms with Gasteiger partial charge in [0.05, 0.1) is 6.61 Å². The highest BCUT2D eigenvalue weighted by atomic mass is 35.5. The zero-order valence-corrected chi connectivity index (χ0v) is 12.6. The van der Waals surface area contributed by atoms with Crippen LogP contribution in [0.2, 0.25) is 5.02 Å². The number of hydrogen-bond acceptors (Lipinski definition) is 3. The van der Waals surface area contributed by atoms with E-state index in [0.717, 1.165) is 24.5 Å². The van der Waals surface area contributed by atoms with Crippen LogP contribution >= 0.6 is 11.6 Å². The molecule has 1 saturated heterocycles. The highest BCUT2D eigenvalue weighted by Gasteiger charge is 2.27. The number of benzene rings is 1. The minimum Gasteiger partial charge on any atom is -0.477 e. The molecule has 2 atom stereocenters. The van der Waals surface area contributed by atoms with Gasteiger partial charge in [0.25, 0.3) is 0 Å². The first-order valence-corrected chi connectivity index (χ1v) is 7.71. The van der Waals surface area contributed by atoms with Gasteiger partial charge in [0.1, 0.15) is 0 Å². The maximum absolute atomic E-state index is 5.98. The van der Waals surface area contributed by atoms with Crippen molar-refractivity contribution in [2.75, 3.05) is 19.7 Å². The average molecular weight is 303 g/mol. The second-order valence-electron chi connectivity index (χ2n) is 5.39. The number of nitrogens with zero attached hydrogens (tertiary/aromatic N) is 1. The number of nitrogens with one attached hydrogen (secondary N) is 1. The predicted molar refractivity (Wildman–Crippen MR) is 84.9 cm³/mol. The minimum absolute atomic E-state index is 0.458. The largest absolute Gasteiger partial charge is 0.477 e. The first-order valence-electron chi connectivity index (χ1n) is 7.33. The number of ether oxygens (including phenoxy) is 1. The van der Waals surface area contributed by atoms with Crippen molar-refractivity contribution in [2.24, 2.45) is 5.92 Å². The van der Waals surface area contributed by atoms with Crippen molar-refractivity contribution in [3.05, 3.63) is 59.2 Å². The minimum atomic E-state index is 0.458. The third-order valence-corrected chi connectivity index (χ3v) is 4.26. The number of pyridine rings is 1. The fraction of sp³-hybridized carbons (Fsp3) is 0.353. The van der Waals surface area contributed by atoms with Crippen molar-refractivity contribution in [2.45, 2.75) is 12.3 Å². The molecule has 3 rings (SSSR count). The Kier molecular flexibility index (Phi) is 4.73. The lowest BCUT2D eigenvalue weighted by Crippen LogP contribution is -2.37. The normalized spacial score (nSPS) is 22.0. The van der Waals surface area contributed by atoms with E-state index < -0.39 is 0 Å². The van der Waals surface area contributed by atoms with E-state index in [0.29, 0.717) is 24.3 Å². The Morgan fingerprint density at radius 2 is 2.05 bits per heavy atom. The Balaban J connectivity index is 1.68. The van der Waals surface area contributed by atoms with E-state index in [1.807, 2.05) is 30.3 Å². The summed E-state index contributed by atoms with van der Waals surface area (Å²) in [7, 11) is 0. The van der Waals surface area contributed by atoms with Gasteiger partial charge in [0, 0.05) is 35.7 Å². The summed E-state index contributed by atoms with van der Waals surface area (Å²) in [6.45, 7) is 2.73. The quantitative estimate of drug-likeness (QED) is 0.938. The van der Waals surface area contributed by atoms with E-state index in [4.69, 9.17) is 16.3 Å². The van der Waals surface area contributed by atoms with Crippen molar-refractivity contribution >= 4 is 11.6 Å². The summed E-state index contributed by atoms with van der Waals surface area (Å²) in [5, 5.41) is 4.25. The number of aromatic nitrogens is 1. The van der Waals surface area contributed by atoms with E-state index >= 15 is 0 Å². The van der Waals surface area contributed by atoms with Gasteiger partial charge in [-0.3, -0.25) is 0 Å². The Hall–Kier alpha value is -1.58. The molecule has 1 aliphatic rings. The molecule has 3 nitrogen and oxygen atoms in total. The van der Waals surface area contributed by atoms with Crippen molar-refractivity contribution in [1.82, 2.24) is 10.3 Å². The van der Waals surface area contributed by atoms with Crippen LogP contribution in [0.4, 0.5) is 0 Å². The van der Waals surface area contributed by atoms with Crippen LogP contribution in [0.15, 0.2) is 48.7 Å². The van der Waals surface area contributed by atoms with E-state index in [2.05, 4.69) is 22.4 Å². The number of piperidine rings is 1. The molecule has 0 amide bonds. The van der Waals surface area contributed by atoms with Crippen molar-refractivity contribution in [1.29, 1.82) is 0 Å². The van der Waals surface area contributed by atoms with Crippen LogP contribution in [0.5, 0.6) is 5.88 Å². The fourth-order valence-electron chi connectivity index (χ4n) is 2.84. The third-order valence-electron chi connectivity index (χ3n) is 4.01. The van der Waals surface area contributed by atoms with Crippen molar-refractivity contribution in [3.8, 4) is 5.88 Å². The smallest absolute Gasteiger partial charge is 0.213 e. The van der Waals surface area contributed by atoms with Gasteiger partial charge in [-0.15, -0.1) is 0 Å². The summed E-state index contributed by atoms with van der Waals surface area (Å²) in [5.41, 5.74) is 1.32. The standard InChI is InChI=1S/C17H19ClN2O/c18-15-6-4-13(5-7-15)16-11-19-10-8-14(16)12-21-17-3-1-2-9-20-17/h1-7,9,14,16,19H,8,10-12H2. The van der Waals surface area contributed by atoms with Gasteiger partial charge >= 0.3 is 0 Å². The lowest BCUT2D eigenvalue weighted by Gasteiger charge is -2.32. The third kappa shape index (κ3) is 3.74. The molecular formula is C17H19ClN2O. The molecule has 2 heterocycles. The summed E-state index contributed by atoms with van der Waals surface area (Å²) < 4.78 is 5.86. The van der Waals surface area contributed by atoms with Gasteiger partial charge < -0.3 is 10.1 Å². The number of halogens is 1. The van der Waals surface area contributed by atoms with Gasteiger partial charge in [0.2, 0.25) is 5.88 Å². The van der Waals surface area contributed by atoms with Crippen molar-refractivity contribution in [3.63, 3.8) is 0 Å². The van der Waals surface area contributed by atoms with Gasteiger partial charge in [-0.2, -0.15) is 0 Å². The molecule has 21 heavy (non-hydrogen) atoms. The molecule has 0 spiro atoms. The molecule has 1 fully saturated rings. The molecule has 4 heteroatoms. The van der Waals surface area contributed by atoms with E-state index in [-0.39, 0.29) is 0 Å². The van der Waals surface area contributed by atoms with Crippen LogP contribution in [0.25, 0.3) is 0 Å². The van der Waals surface area contributed by atoms with Crippen LogP contribution in [-0.4, -0.2) is 24.7 Å². The van der Waals surface area contributed by atoms with Crippen LogP contribution in [-0.2, 0) is 0 Å². The maximum Gasteiger partial charge on any atom is 0.213 e. The van der Waals surface area contributed by atoms with Gasteiger partial charge in [-0.05, 0) is 36.7 Å². The van der Waals surface area contributed by atoms with Gasteiger partial charge in [0.15, 0.2) is 0 Å². The molecule has 0 saturated carbocycles. The summed E-state index contributed by atoms with van der Waals surface area (Å²) in [6.07, 6.45) is 2.87. The van der Waals surface area contributed by atoms with Gasteiger partial charge in [-0.25, -0.2) is 4.98 Å². The Labute approximate surface area is 130 Å². The summed E-state index contributed by atoms with van der Waals surface area (Å²) in [4.78, 5) is 4.22. The van der Waals surface area contributed by atoms with E-state index in [1.165, 1.54) is 5.56 Å². The molecule has 1 aromatic heterocycles. The van der Waals surface area contributed by atoms with Crippen LogP contribution in [0.3, 0.4) is 0 Å². The highest BCUT2D eigenvalue weighted by Crippen LogP contribution is 2.30. The second kappa shape index (κ2) is 6.92. The number of hydrogen-bond donors (Lipinski definition) is 1. The van der Waals surface area contributed by atoms with Crippen LogP contribution < -0.4 is 10.1 Å². The molecule has 1 aliphatic heterocycles. The summed E-state index contributed by atoms with van der Waals surface area (Å²) >= 11 is 5.98. The van der Waals surface area contributed by atoms with Crippen LogP contribution in [0.1, 0.15) is 17.9 Å². The molecular weight excluding hydrogens is 284 g/mol. The molecule has 2 aromatic rings. The molecule has 110 valence electrons. The average Bonchev–Trinajstić information content (AvgIpc) is 2.55. The number of rotatable bonds is 4. The van der Waals surface area contributed by atoms with Crippen LogP contribution in [0, 0.1) is 5.92 Å². The topological polar surface area (TPSA) is 34.1 Å². The Morgan fingerprint density at radius 3 is 2.81 bits per heavy atom. The summed E-state index contributed by atoms with van der Waals surface area (Å²) in [5.74, 6) is 1.65. The zero-order chi connectivity index (χ0) is 14.5. The Morgan fingerprint density at radius 1 is 1.19 bits per heavy atom. The summed E-state index contributed by atoms with van der Waals surface area (Å²) in [6, 6.07) is 13.9. The van der Waals surface area contributed by atoms with E-state index in [1.54, 1.807) is 6.20 Å². The Bertz CT molecular complexity index is 559. The lowest BCUT2D eigenvalue weighted by atomic mass is 9.82. The first kappa shape index (κ1) is 14.4.